The first-order valence-electron chi connectivity index (χ1n) is 7.55. The molecule has 2 heterocycles. The summed E-state index contributed by atoms with van der Waals surface area (Å²) in [7, 11) is 0. The van der Waals surface area contributed by atoms with E-state index in [9.17, 15) is 9.18 Å². The monoisotopic (exact) mass is 291 g/mol. The third-order valence-corrected chi connectivity index (χ3v) is 3.91. The van der Waals surface area contributed by atoms with Gasteiger partial charge in [0, 0.05) is 12.2 Å². The van der Waals surface area contributed by atoms with Crippen LogP contribution in [0.5, 0.6) is 0 Å². The number of halogens is 1. The molecule has 0 bridgehead atoms. The van der Waals surface area contributed by atoms with E-state index in [2.05, 4.69) is 18.8 Å². The van der Waals surface area contributed by atoms with Gasteiger partial charge in [-0.25, -0.2) is 9.37 Å². The van der Waals surface area contributed by atoms with Crippen molar-refractivity contribution in [1.29, 1.82) is 0 Å². The van der Waals surface area contributed by atoms with E-state index in [1.165, 1.54) is 18.3 Å². The minimum atomic E-state index is -0.540. The zero-order valence-corrected chi connectivity index (χ0v) is 12.6. The molecule has 0 aromatic carbocycles. The predicted molar refractivity (Wildman–Crippen MR) is 81.7 cm³/mol. The standard InChI is InChI=1S/C16H22FN3O/c1-3-5-6-7-11(4-2)20-14(15(18)21)10-12-13(17)8-9-19-16(12)20/h8-11H,3-7H2,1-2H3,(H2,18,21). The molecule has 2 aromatic heterocycles. The fourth-order valence-electron chi connectivity index (χ4n) is 2.79. The number of carbonyl (C=O) groups excluding carboxylic acids is 1. The Hall–Kier alpha value is -1.91. The molecule has 1 atom stereocenters. The Labute approximate surface area is 124 Å². The number of aromatic nitrogens is 2. The maximum Gasteiger partial charge on any atom is 0.265 e. The van der Waals surface area contributed by atoms with E-state index < -0.39 is 5.91 Å². The fraction of sp³-hybridized carbons (Fsp3) is 0.500. The second-order valence-electron chi connectivity index (χ2n) is 5.35. The normalized spacial score (nSPS) is 12.7. The molecule has 0 aliphatic rings. The molecule has 1 amide bonds. The summed E-state index contributed by atoms with van der Waals surface area (Å²) >= 11 is 0. The molecule has 21 heavy (non-hydrogen) atoms. The Bertz CT molecular complexity index is 636. The molecule has 114 valence electrons. The lowest BCUT2D eigenvalue weighted by Crippen LogP contribution is -2.20. The number of nitrogens with zero attached hydrogens (tertiary/aromatic N) is 2. The van der Waals surface area contributed by atoms with Crippen molar-refractivity contribution >= 4 is 16.9 Å². The van der Waals surface area contributed by atoms with Crippen molar-refractivity contribution in [1.82, 2.24) is 9.55 Å². The smallest absolute Gasteiger partial charge is 0.265 e. The van der Waals surface area contributed by atoms with Crippen LogP contribution in [0.1, 0.15) is 62.5 Å². The van der Waals surface area contributed by atoms with Crippen LogP contribution in [0.2, 0.25) is 0 Å². The summed E-state index contributed by atoms with van der Waals surface area (Å²) < 4.78 is 15.7. The number of fused-ring (bicyclic) bond motifs is 1. The van der Waals surface area contributed by atoms with Crippen molar-refractivity contribution < 1.29 is 9.18 Å². The number of nitrogens with two attached hydrogens (primary N) is 1. The van der Waals surface area contributed by atoms with Gasteiger partial charge < -0.3 is 10.3 Å². The average molecular weight is 291 g/mol. The van der Waals surface area contributed by atoms with E-state index in [1.807, 2.05) is 4.57 Å². The van der Waals surface area contributed by atoms with Gasteiger partial charge in [-0.15, -0.1) is 0 Å². The Morgan fingerprint density at radius 1 is 1.43 bits per heavy atom. The van der Waals surface area contributed by atoms with Crippen LogP contribution in [-0.2, 0) is 0 Å². The molecule has 0 aliphatic heterocycles. The molecule has 0 saturated carbocycles. The van der Waals surface area contributed by atoms with Crippen LogP contribution in [0.3, 0.4) is 0 Å². The molecule has 2 aromatic rings. The lowest BCUT2D eigenvalue weighted by molar-refractivity contribution is 0.0989. The number of pyridine rings is 1. The Morgan fingerprint density at radius 2 is 2.19 bits per heavy atom. The van der Waals surface area contributed by atoms with E-state index in [4.69, 9.17) is 5.73 Å². The van der Waals surface area contributed by atoms with Gasteiger partial charge in [0.25, 0.3) is 5.91 Å². The number of carbonyl (C=O) groups is 1. The van der Waals surface area contributed by atoms with Gasteiger partial charge in [0.1, 0.15) is 17.2 Å². The van der Waals surface area contributed by atoms with E-state index in [1.54, 1.807) is 0 Å². The quantitative estimate of drug-likeness (QED) is 0.789. The van der Waals surface area contributed by atoms with Crippen LogP contribution in [0, 0.1) is 5.82 Å². The predicted octanol–water partition coefficient (Wildman–Crippen LogP) is 3.81. The van der Waals surface area contributed by atoms with E-state index in [0.717, 1.165) is 32.1 Å². The van der Waals surface area contributed by atoms with Crippen LogP contribution >= 0.6 is 0 Å². The average Bonchev–Trinajstić information content (AvgIpc) is 2.85. The number of amides is 1. The summed E-state index contributed by atoms with van der Waals surface area (Å²) in [6.45, 7) is 4.21. The second-order valence-corrected chi connectivity index (χ2v) is 5.35. The Balaban J connectivity index is 2.50. The van der Waals surface area contributed by atoms with Gasteiger partial charge in [-0.3, -0.25) is 4.79 Å². The topological polar surface area (TPSA) is 60.9 Å². The van der Waals surface area contributed by atoms with Gasteiger partial charge in [-0.1, -0.05) is 33.1 Å². The molecule has 4 nitrogen and oxygen atoms in total. The molecule has 1 unspecified atom stereocenters. The van der Waals surface area contributed by atoms with Crippen molar-refractivity contribution in [3.05, 3.63) is 29.8 Å². The van der Waals surface area contributed by atoms with Crippen molar-refractivity contribution in [2.24, 2.45) is 5.73 Å². The third-order valence-electron chi connectivity index (χ3n) is 3.91. The molecule has 0 radical (unpaired) electrons. The first-order chi connectivity index (χ1) is 10.1. The maximum atomic E-state index is 13.9. The molecule has 0 fully saturated rings. The molecule has 5 heteroatoms. The fourth-order valence-corrected chi connectivity index (χ4v) is 2.79. The van der Waals surface area contributed by atoms with Gasteiger partial charge in [-0.05, 0) is 25.0 Å². The summed E-state index contributed by atoms with van der Waals surface area (Å²) in [6, 6.07) is 2.93. The number of rotatable bonds is 7. The van der Waals surface area contributed by atoms with Gasteiger partial charge in [0.15, 0.2) is 0 Å². The lowest BCUT2D eigenvalue weighted by atomic mass is 10.1. The van der Waals surface area contributed by atoms with Crippen molar-refractivity contribution in [3.63, 3.8) is 0 Å². The van der Waals surface area contributed by atoms with Gasteiger partial charge in [0.2, 0.25) is 0 Å². The first kappa shape index (κ1) is 15.5. The van der Waals surface area contributed by atoms with Crippen molar-refractivity contribution in [2.45, 2.75) is 52.0 Å². The van der Waals surface area contributed by atoms with Gasteiger partial charge in [-0.2, -0.15) is 0 Å². The zero-order valence-electron chi connectivity index (χ0n) is 12.6. The summed E-state index contributed by atoms with van der Waals surface area (Å²) in [5.74, 6) is -0.911. The molecular formula is C16H22FN3O. The first-order valence-corrected chi connectivity index (χ1v) is 7.55. The third kappa shape index (κ3) is 3.06. The van der Waals surface area contributed by atoms with Crippen LogP contribution in [-0.4, -0.2) is 15.5 Å². The van der Waals surface area contributed by atoms with Crippen molar-refractivity contribution in [3.8, 4) is 0 Å². The van der Waals surface area contributed by atoms with Gasteiger partial charge >= 0.3 is 0 Å². The van der Waals surface area contributed by atoms with Crippen LogP contribution in [0.4, 0.5) is 4.39 Å². The largest absolute Gasteiger partial charge is 0.364 e. The molecule has 0 aliphatic carbocycles. The Morgan fingerprint density at radius 3 is 2.81 bits per heavy atom. The van der Waals surface area contributed by atoms with Crippen LogP contribution < -0.4 is 5.73 Å². The van der Waals surface area contributed by atoms with Crippen LogP contribution in [0.25, 0.3) is 11.0 Å². The number of primary amides is 1. The van der Waals surface area contributed by atoms with Crippen molar-refractivity contribution in [2.75, 3.05) is 0 Å². The zero-order chi connectivity index (χ0) is 15.4. The molecular weight excluding hydrogens is 269 g/mol. The lowest BCUT2D eigenvalue weighted by Gasteiger charge is -2.20. The van der Waals surface area contributed by atoms with E-state index in [-0.39, 0.29) is 11.9 Å². The SMILES string of the molecule is CCCCCC(CC)n1c(C(N)=O)cc2c(F)ccnc21. The van der Waals surface area contributed by atoms with Crippen LogP contribution in [0.15, 0.2) is 18.3 Å². The highest BCUT2D eigenvalue weighted by Gasteiger charge is 2.21. The number of hydrogen-bond acceptors (Lipinski definition) is 2. The summed E-state index contributed by atoms with van der Waals surface area (Å²) in [5, 5.41) is 0.361. The molecule has 2 rings (SSSR count). The highest BCUT2D eigenvalue weighted by Crippen LogP contribution is 2.29. The Kier molecular flexibility index (Phi) is 4.94. The summed E-state index contributed by atoms with van der Waals surface area (Å²) in [5.41, 5.74) is 6.31. The molecule has 2 N–H and O–H groups in total. The summed E-state index contributed by atoms with van der Waals surface area (Å²) in [6.07, 6.45) is 6.57. The highest BCUT2D eigenvalue weighted by atomic mass is 19.1. The minimum Gasteiger partial charge on any atom is -0.364 e. The number of unbranched alkanes of at least 4 members (excludes halogenated alkanes) is 2. The minimum absolute atomic E-state index is 0.117. The highest BCUT2D eigenvalue weighted by molar-refractivity contribution is 5.97. The van der Waals surface area contributed by atoms with E-state index in [0.29, 0.717) is 16.7 Å². The summed E-state index contributed by atoms with van der Waals surface area (Å²) in [4.78, 5) is 16.0. The molecule has 0 spiro atoms. The maximum absolute atomic E-state index is 13.9. The second kappa shape index (κ2) is 6.70. The van der Waals surface area contributed by atoms with Gasteiger partial charge in [0.05, 0.1) is 5.39 Å². The van der Waals surface area contributed by atoms with E-state index >= 15 is 0 Å². The number of hydrogen-bond donors (Lipinski definition) is 1. The molecule has 0 saturated heterocycles.